The lowest BCUT2D eigenvalue weighted by atomic mass is 10.2. The van der Waals surface area contributed by atoms with Crippen LogP contribution < -0.4 is 10.6 Å². The van der Waals surface area contributed by atoms with Gasteiger partial charge >= 0.3 is 0 Å². The molecule has 5 heteroatoms. The van der Waals surface area contributed by atoms with E-state index in [4.69, 9.17) is 0 Å². The van der Waals surface area contributed by atoms with E-state index in [9.17, 15) is 0 Å². The van der Waals surface area contributed by atoms with Gasteiger partial charge in [-0.25, -0.2) is 9.97 Å². The number of fused-ring (bicyclic) bond motifs is 1. The van der Waals surface area contributed by atoms with Crippen LogP contribution in [0.15, 0.2) is 6.33 Å². The van der Waals surface area contributed by atoms with Crippen molar-refractivity contribution in [1.29, 1.82) is 0 Å². The van der Waals surface area contributed by atoms with Gasteiger partial charge in [0.2, 0.25) is 0 Å². The predicted molar refractivity (Wildman–Crippen MR) is 71.8 cm³/mol. The first-order valence-electron chi connectivity index (χ1n) is 5.93. The first-order chi connectivity index (χ1) is 8.25. The van der Waals surface area contributed by atoms with Gasteiger partial charge in [-0.05, 0) is 32.4 Å². The number of thiophene rings is 1. The third-order valence-electron chi connectivity index (χ3n) is 3.37. The van der Waals surface area contributed by atoms with E-state index in [1.54, 1.807) is 17.7 Å². The minimum absolute atomic E-state index is 0.493. The van der Waals surface area contributed by atoms with Crippen molar-refractivity contribution in [3.63, 3.8) is 0 Å². The molecule has 0 aromatic carbocycles. The van der Waals surface area contributed by atoms with Crippen LogP contribution in [0.4, 0.5) is 5.82 Å². The highest BCUT2D eigenvalue weighted by atomic mass is 32.1. The molecule has 4 nitrogen and oxygen atoms in total. The Morgan fingerprint density at radius 1 is 1.41 bits per heavy atom. The lowest BCUT2D eigenvalue weighted by Gasteiger charge is -2.12. The van der Waals surface area contributed by atoms with Crippen LogP contribution in [0, 0.1) is 13.8 Å². The van der Waals surface area contributed by atoms with E-state index in [1.165, 1.54) is 15.8 Å². The highest BCUT2D eigenvalue weighted by Gasteiger charge is 2.17. The van der Waals surface area contributed by atoms with Gasteiger partial charge in [0.25, 0.3) is 0 Å². The van der Waals surface area contributed by atoms with E-state index < -0.39 is 0 Å². The lowest BCUT2D eigenvalue weighted by molar-refractivity contribution is 0.789. The SMILES string of the molecule is Cc1sc2ncnc(NC3CCNC3)c2c1C. The molecule has 3 heterocycles. The molecular weight excluding hydrogens is 232 g/mol. The topological polar surface area (TPSA) is 49.8 Å². The van der Waals surface area contributed by atoms with Crippen LogP contribution in [-0.2, 0) is 0 Å². The molecule has 2 aromatic rings. The molecule has 0 spiro atoms. The van der Waals surface area contributed by atoms with Crippen LogP contribution in [0.5, 0.6) is 0 Å². The molecule has 1 saturated heterocycles. The van der Waals surface area contributed by atoms with Crippen molar-refractivity contribution in [3.05, 3.63) is 16.8 Å². The number of anilines is 1. The molecule has 0 amide bonds. The summed E-state index contributed by atoms with van der Waals surface area (Å²) in [6.45, 7) is 6.40. The van der Waals surface area contributed by atoms with Crippen molar-refractivity contribution in [2.45, 2.75) is 26.3 Å². The van der Waals surface area contributed by atoms with Gasteiger partial charge in [0.15, 0.2) is 0 Å². The molecule has 1 aliphatic rings. The Morgan fingerprint density at radius 2 is 2.29 bits per heavy atom. The number of nitrogens with zero attached hydrogens (tertiary/aromatic N) is 2. The Labute approximate surface area is 104 Å². The summed E-state index contributed by atoms with van der Waals surface area (Å²) in [6, 6.07) is 0.493. The lowest BCUT2D eigenvalue weighted by Crippen LogP contribution is -2.22. The molecule has 1 unspecified atom stereocenters. The molecule has 1 aliphatic heterocycles. The normalized spacial score (nSPS) is 20.0. The number of aryl methyl sites for hydroxylation is 2. The molecule has 3 rings (SSSR count). The van der Waals surface area contributed by atoms with Crippen LogP contribution in [0.2, 0.25) is 0 Å². The minimum atomic E-state index is 0.493. The molecule has 0 bridgehead atoms. The van der Waals surface area contributed by atoms with Gasteiger partial charge in [0, 0.05) is 17.5 Å². The Hall–Kier alpha value is -1.20. The second-order valence-corrected chi connectivity index (χ2v) is 5.72. The maximum Gasteiger partial charge on any atom is 0.138 e. The summed E-state index contributed by atoms with van der Waals surface area (Å²) >= 11 is 1.74. The number of aromatic nitrogens is 2. The zero-order valence-electron chi connectivity index (χ0n) is 10.1. The fraction of sp³-hybridized carbons (Fsp3) is 0.500. The molecule has 1 atom stereocenters. The fourth-order valence-electron chi connectivity index (χ4n) is 2.26. The van der Waals surface area contributed by atoms with E-state index in [-0.39, 0.29) is 0 Å². The minimum Gasteiger partial charge on any atom is -0.365 e. The maximum absolute atomic E-state index is 4.40. The molecule has 1 fully saturated rings. The van der Waals surface area contributed by atoms with E-state index in [2.05, 4.69) is 34.4 Å². The zero-order chi connectivity index (χ0) is 11.8. The summed E-state index contributed by atoms with van der Waals surface area (Å²) in [5.74, 6) is 0.991. The second kappa shape index (κ2) is 4.23. The summed E-state index contributed by atoms with van der Waals surface area (Å²) in [4.78, 5) is 11.2. The maximum atomic E-state index is 4.40. The van der Waals surface area contributed by atoms with Crippen LogP contribution in [-0.4, -0.2) is 29.1 Å². The van der Waals surface area contributed by atoms with Gasteiger partial charge in [-0.15, -0.1) is 11.3 Å². The molecule has 0 aliphatic carbocycles. The molecule has 0 radical (unpaired) electrons. The number of hydrogen-bond donors (Lipinski definition) is 2. The molecule has 0 saturated carbocycles. The molecule has 17 heavy (non-hydrogen) atoms. The van der Waals surface area contributed by atoms with Crippen LogP contribution in [0.25, 0.3) is 10.2 Å². The third kappa shape index (κ3) is 1.89. The quantitative estimate of drug-likeness (QED) is 0.854. The van der Waals surface area contributed by atoms with Gasteiger partial charge in [0.1, 0.15) is 17.0 Å². The molecule has 2 N–H and O–H groups in total. The summed E-state index contributed by atoms with van der Waals surface area (Å²) < 4.78 is 0. The van der Waals surface area contributed by atoms with Gasteiger partial charge < -0.3 is 10.6 Å². The van der Waals surface area contributed by atoms with Crippen molar-refractivity contribution in [3.8, 4) is 0 Å². The average molecular weight is 248 g/mol. The van der Waals surface area contributed by atoms with Crippen molar-refractivity contribution < 1.29 is 0 Å². The summed E-state index contributed by atoms with van der Waals surface area (Å²) in [5.41, 5.74) is 1.30. The number of nitrogens with one attached hydrogen (secondary N) is 2. The molecule has 90 valence electrons. The zero-order valence-corrected chi connectivity index (χ0v) is 10.9. The average Bonchev–Trinajstić information content (AvgIpc) is 2.90. The van der Waals surface area contributed by atoms with E-state index in [0.717, 1.165) is 30.2 Å². The van der Waals surface area contributed by atoms with E-state index in [1.807, 2.05) is 0 Å². The predicted octanol–water partition coefficient (Wildman–Crippen LogP) is 2.08. The standard InChI is InChI=1S/C12H16N4S/c1-7-8(2)17-12-10(7)11(14-6-15-12)16-9-3-4-13-5-9/h6,9,13H,3-5H2,1-2H3,(H,14,15,16). The highest BCUT2D eigenvalue weighted by Crippen LogP contribution is 2.32. The first-order valence-corrected chi connectivity index (χ1v) is 6.75. The smallest absolute Gasteiger partial charge is 0.138 e. The second-order valence-electron chi connectivity index (χ2n) is 4.52. The van der Waals surface area contributed by atoms with E-state index in [0.29, 0.717) is 6.04 Å². The van der Waals surface area contributed by atoms with Crippen LogP contribution in [0.1, 0.15) is 16.9 Å². The Bertz CT molecular complexity index is 543. The highest BCUT2D eigenvalue weighted by molar-refractivity contribution is 7.18. The third-order valence-corrected chi connectivity index (χ3v) is 4.48. The van der Waals surface area contributed by atoms with Gasteiger partial charge in [0.05, 0.1) is 5.39 Å². The van der Waals surface area contributed by atoms with Crippen molar-refractivity contribution >= 4 is 27.4 Å². The van der Waals surface area contributed by atoms with Crippen molar-refractivity contribution in [2.75, 3.05) is 18.4 Å². The van der Waals surface area contributed by atoms with Crippen LogP contribution in [0.3, 0.4) is 0 Å². The molecule has 2 aromatic heterocycles. The Balaban J connectivity index is 2.02. The monoisotopic (exact) mass is 248 g/mol. The summed E-state index contributed by atoms with van der Waals surface area (Å²) in [5, 5.41) is 8.08. The van der Waals surface area contributed by atoms with E-state index >= 15 is 0 Å². The van der Waals surface area contributed by atoms with Crippen molar-refractivity contribution in [1.82, 2.24) is 15.3 Å². The van der Waals surface area contributed by atoms with Gasteiger partial charge in [-0.2, -0.15) is 0 Å². The number of hydrogen-bond acceptors (Lipinski definition) is 5. The molecular formula is C12H16N4S. The summed E-state index contributed by atoms with van der Waals surface area (Å²) in [7, 11) is 0. The first kappa shape index (κ1) is 10.9. The largest absolute Gasteiger partial charge is 0.365 e. The summed E-state index contributed by atoms with van der Waals surface area (Å²) in [6.07, 6.45) is 2.82. The Morgan fingerprint density at radius 3 is 3.06 bits per heavy atom. The van der Waals surface area contributed by atoms with Gasteiger partial charge in [-0.3, -0.25) is 0 Å². The van der Waals surface area contributed by atoms with Crippen molar-refractivity contribution in [2.24, 2.45) is 0 Å². The Kier molecular flexibility index (Phi) is 2.72. The number of rotatable bonds is 2. The fourth-order valence-corrected chi connectivity index (χ4v) is 3.26. The van der Waals surface area contributed by atoms with Crippen LogP contribution >= 0.6 is 11.3 Å². The van der Waals surface area contributed by atoms with Gasteiger partial charge in [-0.1, -0.05) is 0 Å².